The van der Waals surface area contributed by atoms with E-state index in [4.69, 9.17) is 0 Å². The molecule has 0 saturated carbocycles. The molecule has 0 unspecified atom stereocenters. The first kappa shape index (κ1) is 11.8. The zero-order valence-corrected chi connectivity index (χ0v) is 7.35. The van der Waals surface area contributed by atoms with Crippen molar-refractivity contribution in [1.82, 2.24) is 9.97 Å². The van der Waals surface area contributed by atoms with E-state index >= 15 is 0 Å². The molecule has 10 heteroatoms. The Morgan fingerprint density at radius 2 is 1.88 bits per heavy atom. The Balaban J connectivity index is 2.77. The maximum Gasteiger partial charge on any atom is 0.471 e. The molecule has 1 N–H and O–H groups in total. The van der Waals surface area contributed by atoms with Crippen molar-refractivity contribution in [3.63, 3.8) is 0 Å². The number of anilines is 1. The minimum absolute atomic E-state index is 0.495. The second-order valence-corrected chi connectivity index (χ2v) is 2.47. The van der Waals surface area contributed by atoms with Crippen molar-refractivity contribution in [2.24, 2.45) is 0 Å². The van der Waals surface area contributed by atoms with Crippen LogP contribution in [0.15, 0.2) is 12.4 Å². The predicted molar refractivity (Wildman–Crippen MR) is 43.4 cm³/mol. The van der Waals surface area contributed by atoms with Crippen LogP contribution in [0.5, 0.6) is 0 Å². The van der Waals surface area contributed by atoms with Gasteiger partial charge in [0.05, 0.1) is 4.92 Å². The van der Waals surface area contributed by atoms with Crippen LogP contribution in [0, 0.1) is 10.1 Å². The standard InChI is InChI=1S/C6H3F3N4O3/c7-6(8,9)4(14)12-5-10-1-3(2-11-5)13(15)16/h1-2H,(H,10,11,12,14). The van der Waals surface area contributed by atoms with Crippen molar-refractivity contribution in [3.05, 3.63) is 22.5 Å². The Bertz CT molecular complexity index is 416. The highest BCUT2D eigenvalue weighted by molar-refractivity contribution is 5.93. The summed E-state index contributed by atoms with van der Waals surface area (Å²) in [7, 11) is 0. The molecule has 1 aromatic heterocycles. The molecule has 0 aliphatic heterocycles. The molecule has 1 aromatic rings. The number of nitrogens with zero attached hydrogens (tertiary/aromatic N) is 3. The summed E-state index contributed by atoms with van der Waals surface area (Å²) in [6, 6.07) is 0. The number of amides is 1. The Morgan fingerprint density at radius 1 is 1.38 bits per heavy atom. The van der Waals surface area contributed by atoms with Gasteiger partial charge in [-0.3, -0.25) is 20.2 Å². The number of rotatable bonds is 2. The SMILES string of the molecule is O=C(Nc1ncc([N+](=O)[O-])cn1)C(F)(F)F. The minimum Gasteiger partial charge on any atom is -0.287 e. The fourth-order valence-electron chi connectivity index (χ4n) is 0.652. The lowest BCUT2D eigenvalue weighted by Crippen LogP contribution is -2.30. The van der Waals surface area contributed by atoms with Crippen LogP contribution >= 0.6 is 0 Å². The van der Waals surface area contributed by atoms with Crippen LogP contribution in [0.2, 0.25) is 0 Å². The normalized spacial score (nSPS) is 10.9. The number of hydrogen-bond acceptors (Lipinski definition) is 5. The van der Waals surface area contributed by atoms with Crippen LogP contribution in [0.25, 0.3) is 0 Å². The maximum atomic E-state index is 11.8. The smallest absolute Gasteiger partial charge is 0.287 e. The zero-order valence-electron chi connectivity index (χ0n) is 7.35. The monoisotopic (exact) mass is 236 g/mol. The average molecular weight is 236 g/mol. The number of carbonyl (C=O) groups is 1. The van der Waals surface area contributed by atoms with Crippen molar-refractivity contribution in [1.29, 1.82) is 0 Å². The molecular weight excluding hydrogens is 233 g/mol. The largest absolute Gasteiger partial charge is 0.471 e. The summed E-state index contributed by atoms with van der Waals surface area (Å²) in [4.78, 5) is 26.1. The summed E-state index contributed by atoms with van der Waals surface area (Å²) < 4.78 is 35.3. The third-order valence-corrected chi connectivity index (χ3v) is 1.33. The third kappa shape index (κ3) is 2.87. The van der Waals surface area contributed by atoms with E-state index in [1.54, 1.807) is 0 Å². The zero-order chi connectivity index (χ0) is 12.3. The number of halogens is 3. The predicted octanol–water partition coefficient (Wildman–Crippen LogP) is 0.886. The van der Waals surface area contributed by atoms with E-state index in [2.05, 4.69) is 9.97 Å². The Kier molecular flexibility index (Phi) is 3.01. The van der Waals surface area contributed by atoms with Crippen LogP contribution < -0.4 is 5.32 Å². The molecule has 0 aromatic carbocycles. The molecule has 0 aliphatic rings. The molecule has 1 heterocycles. The van der Waals surface area contributed by atoms with E-state index in [9.17, 15) is 28.1 Å². The molecule has 0 bridgehead atoms. The molecule has 1 rings (SSSR count). The quantitative estimate of drug-likeness (QED) is 0.607. The van der Waals surface area contributed by atoms with Gasteiger partial charge in [-0.1, -0.05) is 0 Å². The number of nitro groups is 1. The lowest BCUT2D eigenvalue weighted by Gasteiger charge is -2.05. The van der Waals surface area contributed by atoms with Gasteiger partial charge in [-0.25, -0.2) is 9.97 Å². The van der Waals surface area contributed by atoms with E-state index in [1.165, 1.54) is 5.32 Å². The van der Waals surface area contributed by atoms with Crippen LogP contribution in [0.4, 0.5) is 24.8 Å². The number of carbonyl (C=O) groups excluding carboxylic acids is 1. The Labute approximate surface area is 85.5 Å². The van der Waals surface area contributed by atoms with Crippen molar-refractivity contribution in [2.75, 3.05) is 5.32 Å². The molecule has 0 saturated heterocycles. The Morgan fingerprint density at radius 3 is 2.25 bits per heavy atom. The van der Waals surface area contributed by atoms with E-state index in [1.807, 2.05) is 0 Å². The van der Waals surface area contributed by atoms with E-state index in [0.29, 0.717) is 12.4 Å². The molecule has 7 nitrogen and oxygen atoms in total. The second-order valence-electron chi connectivity index (χ2n) is 2.47. The van der Waals surface area contributed by atoms with E-state index < -0.39 is 28.6 Å². The summed E-state index contributed by atoms with van der Waals surface area (Å²) in [5.41, 5.74) is -0.495. The third-order valence-electron chi connectivity index (χ3n) is 1.33. The number of alkyl halides is 3. The molecule has 1 amide bonds. The first-order valence-corrected chi connectivity index (χ1v) is 3.65. The summed E-state index contributed by atoms with van der Waals surface area (Å²) in [5, 5.41) is 11.5. The van der Waals surface area contributed by atoms with Crippen LogP contribution in [-0.2, 0) is 4.79 Å². The van der Waals surface area contributed by atoms with Crippen LogP contribution in [-0.4, -0.2) is 27.0 Å². The molecule has 0 atom stereocenters. The first-order valence-electron chi connectivity index (χ1n) is 3.65. The van der Waals surface area contributed by atoms with Crippen LogP contribution in [0.1, 0.15) is 0 Å². The fourth-order valence-corrected chi connectivity index (χ4v) is 0.652. The van der Waals surface area contributed by atoms with Gasteiger partial charge in [0.2, 0.25) is 5.95 Å². The molecule has 0 aliphatic carbocycles. The highest BCUT2D eigenvalue weighted by atomic mass is 19.4. The fraction of sp³-hybridized carbons (Fsp3) is 0.167. The highest BCUT2D eigenvalue weighted by Gasteiger charge is 2.39. The first-order chi connectivity index (χ1) is 7.30. The number of aromatic nitrogens is 2. The van der Waals surface area contributed by atoms with Gasteiger partial charge in [-0.2, -0.15) is 13.2 Å². The lowest BCUT2D eigenvalue weighted by atomic mass is 10.5. The van der Waals surface area contributed by atoms with Gasteiger partial charge in [0.1, 0.15) is 12.4 Å². The van der Waals surface area contributed by atoms with Gasteiger partial charge in [0, 0.05) is 0 Å². The van der Waals surface area contributed by atoms with Gasteiger partial charge in [0.25, 0.3) is 0 Å². The van der Waals surface area contributed by atoms with Gasteiger partial charge in [-0.15, -0.1) is 0 Å². The highest BCUT2D eigenvalue weighted by Crippen LogP contribution is 2.16. The van der Waals surface area contributed by atoms with Crippen molar-refractivity contribution in [2.45, 2.75) is 6.18 Å². The van der Waals surface area contributed by atoms with Gasteiger partial charge >= 0.3 is 17.8 Å². The van der Waals surface area contributed by atoms with E-state index in [-0.39, 0.29) is 0 Å². The van der Waals surface area contributed by atoms with Gasteiger partial charge in [-0.05, 0) is 0 Å². The number of nitrogens with one attached hydrogen (secondary N) is 1. The van der Waals surface area contributed by atoms with Gasteiger partial charge < -0.3 is 0 Å². The molecule has 0 spiro atoms. The molecular formula is C6H3F3N4O3. The van der Waals surface area contributed by atoms with E-state index in [0.717, 1.165) is 0 Å². The summed E-state index contributed by atoms with van der Waals surface area (Å²) in [6.45, 7) is 0. The summed E-state index contributed by atoms with van der Waals surface area (Å²) in [5.74, 6) is -2.91. The molecule has 86 valence electrons. The average Bonchev–Trinajstić information content (AvgIpc) is 2.17. The minimum atomic E-state index is -5.06. The van der Waals surface area contributed by atoms with Crippen molar-refractivity contribution >= 4 is 17.5 Å². The maximum absolute atomic E-state index is 11.8. The topological polar surface area (TPSA) is 98.0 Å². The molecule has 0 fully saturated rings. The van der Waals surface area contributed by atoms with Crippen molar-refractivity contribution < 1.29 is 22.9 Å². The number of hydrogen-bond donors (Lipinski definition) is 1. The summed E-state index contributed by atoms with van der Waals surface area (Å²) in [6.07, 6.45) is -3.71. The summed E-state index contributed by atoms with van der Waals surface area (Å²) >= 11 is 0. The Hall–Kier alpha value is -2.26. The van der Waals surface area contributed by atoms with Crippen LogP contribution in [0.3, 0.4) is 0 Å². The van der Waals surface area contributed by atoms with Crippen molar-refractivity contribution in [3.8, 4) is 0 Å². The van der Waals surface area contributed by atoms with Gasteiger partial charge in [0.15, 0.2) is 0 Å². The molecule has 0 radical (unpaired) electrons. The molecule has 16 heavy (non-hydrogen) atoms. The lowest BCUT2D eigenvalue weighted by molar-refractivity contribution is -0.385. The second kappa shape index (κ2) is 4.08.